The fourth-order valence-corrected chi connectivity index (χ4v) is 2.81. The van der Waals surface area contributed by atoms with Gasteiger partial charge in [0.25, 0.3) is 0 Å². The summed E-state index contributed by atoms with van der Waals surface area (Å²) in [5, 5.41) is 1.97. The zero-order valence-corrected chi connectivity index (χ0v) is 9.99. The molecule has 1 aromatic heterocycles. The van der Waals surface area contributed by atoms with E-state index in [1.165, 1.54) is 0 Å². The van der Waals surface area contributed by atoms with Gasteiger partial charge in [0.15, 0.2) is 6.10 Å². The highest BCUT2D eigenvalue weighted by Crippen LogP contribution is 2.41. The van der Waals surface area contributed by atoms with E-state index in [4.69, 9.17) is 9.47 Å². The lowest BCUT2D eigenvalue weighted by Crippen LogP contribution is -1.98. The maximum atomic E-state index is 11.9. The normalized spacial score (nSPS) is 17.7. The predicted octanol–water partition coefficient (Wildman–Crippen LogP) is 3.02. The van der Waals surface area contributed by atoms with Crippen molar-refractivity contribution >= 4 is 17.3 Å². The Bertz CT molecular complexity index is 560. The summed E-state index contributed by atoms with van der Waals surface area (Å²) in [5.41, 5.74) is 1.44. The minimum atomic E-state index is -0.309. The fraction of sp³-hybridized carbons (Fsp3) is 0.154. The molecule has 3 rings (SSSR count). The highest BCUT2D eigenvalue weighted by molar-refractivity contribution is 7.10. The molecule has 0 radical (unpaired) electrons. The minimum Gasteiger partial charge on any atom is -0.496 e. The lowest BCUT2D eigenvalue weighted by molar-refractivity contribution is 0.0459. The predicted molar refractivity (Wildman–Crippen MR) is 64.6 cm³/mol. The summed E-state index contributed by atoms with van der Waals surface area (Å²) in [6.07, 6.45) is -0.285. The second kappa shape index (κ2) is 3.89. The van der Waals surface area contributed by atoms with Crippen LogP contribution in [0.3, 0.4) is 0 Å². The van der Waals surface area contributed by atoms with Crippen LogP contribution in [0.1, 0.15) is 26.9 Å². The van der Waals surface area contributed by atoms with Crippen molar-refractivity contribution in [3.63, 3.8) is 0 Å². The molecule has 0 bridgehead atoms. The van der Waals surface area contributed by atoms with Crippen molar-refractivity contribution in [2.24, 2.45) is 0 Å². The molecular weight excluding hydrogens is 236 g/mol. The Balaban J connectivity index is 2.14. The quantitative estimate of drug-likeness (QED) is 0.764. The summed E-state index contributed by atoms with van der Waals surface area (Å²) < 4.78 is 10.6. The van der Waals surface area contributed by atoms with E-state index in [1.54, 1.807) is 24.5 Å². The van der Waals surface area contributed by atoms with Gasteiger partial charge in [-0.2, -0.15) is 0 Å². The third-order valence-corrected chi connectivity index (χ3v) is 3.71. The van der Waals surface area contributed by atoms with Gasteiger partial charge < -0.3 is 9.47 Å². The van der Waals surface area contributed by atoms with Crippen LogP contribution in [-0.2, 0) is 4.74 Å². The highest BCUT2D eigenvalue weighted by Gasteiger charge is 2.35. The van der Waals surface area contributed by atoms with Gasteiger partial charge in [-0.1, -0.05) is 18.2 Å². The van der Waals surface area contributed by atoms with Crippen LogP contribution in [0.25, 0.3) is 0 Å². The number of ether oxygens (including phenoxy) is 2. The first-order chi connectivity index (χ1) is 8.31. The third kappa shape index (κ3) is 1.52. The first kappa shape index (κ1) is 10.4. The summed E-state index contributed by atoms with van der Waals surface area (Å²) >= 11 is 1.58. The molecule has 2 aromatic rings. The van der Waals surface area contributed by atoms with Crippen molar-refractivity contribution in [3.8, 4) is 5.75 Å². The molecule has 1 unspecified atom stereocenters. The molecule has 3 nitrogen and oxygen atoms in total. The number of cyclic esters (lactones) is 1. The lowest BCUT2D eigenvalue weighted by Gasteiger charge is -2.08. The Kier molecular flexibility index (Phi) is 2.37. The summed E-state index contributed by atoms with van der Waals surface area (Å²) in [7, 11) is 1.56. The molecule has 0 aliphatic carbocycles. The number of fused-ring (bicyclic) bond motifs is 1. The number of methoxy groups -OCH3 is 1. The van der Waals surface area contributed by atoms with Crippen LogP contribution in [-0.4, -0.2) is 13.1 Å². The summed E-state index contributed by atoms with van der Waals surface area (Å²) in [6, 6.07) is 9.48. The van der Waals surface area contributed by atoms with Crippen LogP contribution in [0.2, 0.25) is 0 Å². The first-order valence-corrected chi connectivity index (χ1v) is 6.10. The maximum absolute atomic E-state index is 11.9. The van der Waals surface area contributed by atoms with Crippen LogP contribution >= 0.6 is 11.3 Å². The number of hydrogen-bond acceptors (Lipinski definition) is 4. The number of rotatable bonds is 2. The van der Waals surface area contributed by atoms with E-state index in [2.05, 4.69) is 0 Å². The maximum Gasteiger partial charge on any atom is 0.343 e. The fourth-order valence-electron chi connectivity index (χ4n) is 2.04. The van der Waals surface area contributed by atoms with Gasteiger partial charge in [0, 0.05) is 10.4 Å². The van der Waals surface area contributed by atoms with E-state index < -0.39 is 0 Å². The topological polar surface area (TPSA) is 35.5 Å². The monoisotopic (exact) mass is 246 g/mol. The van der Waals surface area contributed by atoms with Crippen LogP contribution in [0.15, 0.2) is 35.7 Å². The SMILES string of the molecule is COc1cccc2c1C(=O)OC2c1cccs1. The van der Waals surface area contributed by atoms with E-state index in [1.807, 2.05) is 29.6 Å². The zero-order valence-electron chi connectivity index (χ0n) is 9.17. The Morgan fingerprint density at radius 2 is 2.18 bits per heavy atom. The number of thiophene rings is 1. The Labute approximate surface area is 103 Å². The second-order valence-electron chi connectivity index (χ2n) is 3.73. The Hall–Kier alpha value is -1.81. The van der Waals surface area contributed by atoms with Gasteiger partial charge >= 0.3 is 5.97 Å². The molecule has 0 spiro atoms. The first-order valence-electron chi connectivity index (χ1n) is 5.22. The molecule has 86 valence electrons. The van der Waals surface area contributed by atoms with E-state index in [-0.39, 0.29) is 12.1 Å². The Morgan fingerprint density at radius 1 is 1.29 bits per heavy atom. The average molecular weight is 246 g/mol. The van der Waals surface area contributed by atoms with Gasteiger partial charge in [-0.15, -0.1) is 11.3 Å². The van der Waals surface area contributed by atoms with Crippen molar-refractivity contribution in [1.29, 1.82) is 0 Å². The zero-order chi connectivity index (χ0) is 11.8. The summed E-state index contributed by atoms with van der Waals surface area (Å²) in [6.45, 7) is 0. The lowest BCUT2D eigenvalue weighted by atomic mass is 10.0. The van der Waals surface area contributed by atoms with Crippen LogP contribution in [0.4, 0.5) is 0 Å². The smallest absolute Gasteiger partial charge is 0.343 e. The molecule has 0 saturated carbocycles. The third-order valence-electron chi connectivity index (χ3n) is 2.79. The molecular formula is C13H10O3S. The molecule has 1 aromatic carbocycles. The van der Waals surface area contributed by atoms with E-state index in [0.29, 0.717) is 11.3 Å². The van der Waals surface area contributed by atoms with Crippen molar-refractivity contribution < 1.29 is 14.3 Å². The molecule has 17 heavy (non-hydrogen) atoms. The number of carbonyl (C=O) groups is 1. The molecule has 0 N–H and O–H groups in total. The molecule has 2 heterocycles. The molecule has 4 heteroatoms. The highest BCUT2D eigenvalue weighted by atomic mass is 32.1. The number of benzene rings is 1. The van der Waals surface area contributed by atoms with Crippen molar-refractivity contribution in [3.05, 3.63) is 51.7 Å². The molecule has 1 atom stereocenters. The van der Waals surface area contributed by atoms with Crippen molar-refractivity contribution in [2.45, 2.75) is 6.10 Å². The van der Waals surface area contributed by atoms with Crippen molar-refractivity contribution in [1.82, 2.24) is 0 Å². The van der Waals surface area contributed by atoms with Gasteiger partial charge in [-0.25, -0.2) is 4.79 Å². The van der Waals surface area contributed by atoms with Gasteiger partial charge in [0.2, 0.25) is 0 Å². The molecule has 0 saturated heterocycles. The van der Waals surface area contributed by atoms with Crippen LogP contribution < -0.4 is 4.74 Å². The van der Waals surface area contributed by atoms with Crippen LogP contribution in [0, 0.1) is 0 Å². The van der Waals surface area contributed by atoms with Gasteiger partial charge in [-0.3, -0.25) is 0 Å². The largest absolute Gasteiger partial charge is 0.496 e. The number of hydrogen-bond donors (Lipinski definition) is 0. The Morgan fingerprint density at radius 3 is 2.88 bits per heavy atom. The van der Waals surface area contributed by atoms with E-state index in [0.717, 1.165) is 10.4 Å². The van der Waals surface area contributed by atoms with Crippen molar-refractivity contribution in [2.75, 3.05) is 7.11 Å². The average Bonchev–Trinajstić information content (AvgIpc) is 2.97. The van der Waals surface area contributed by atoms with Gasteiger partial charge in [0.1, 0.15) is 11.3 Å². The minimum absolute atomic E-state index is 0.285. The van der Waals surface area contributed by atoms with E-state index >= 15 is 0 Å². The van der Waals surface area contributed by atoms with Gasteiger partial charge in [0.05, 0.1) is 7.11 Å². The standard InChI is InChI=1S/C13H10O3S/c1-15-9-5-2-4-8-11(9)13(14)16-12(8)10-6-3-7-17-10/h2-7,12H,1H3. The number of esters is 1. The summed E-state index contributed by atoms with van der Waals surface area (Å²) in [4.78, 5) is 12.9. The van der Waals surface area contributed by atoms with Crippen LogP contribution in [0.5, 0.6) is 5.75 Å². The molecule has 0 amide bonds. The number of carbonyl (C=O) groups excluding carboxylic acids is 1. The van der Waals surface area contributed by atoms with Gasteiger partial charge in [-0.05, 0) is 17.5 Å². The molecule has 1 aliphatic heterocycles. The molecule has 1 aliphatic rings. The van der Waals surface area contributed by atoms with E-state index in [9.17, 15) is 4.79 Å². The summed E-state index contributed by atoms with van der Waals surface area (Å²) in [5.74, 6) is 0.266. The molecule has 0 fully saturated rings. The second-order valence-corrected chi connectivity index (χ2v) is 4.70.